The molecule has 1 atom stereocenters. The van der Waals surface area contributed by atoms with Crippen molar-refractivity contribution < 1.29 is 19.4 Å². The first-order valence-corrected chi connectivity index (χ1v) is 6.92. The minimum atomic E-state index is -0.898. The minimum Gasteiger partial charge on any atom is -0.480 e. The monoisotopic (exact) mass is 270 g/mol. The zero-order valence-electron chi connectivity index (χ0n) is 11.4. The Morgan fingerprint density at radius 2 is 2.00 bits per heavy atom. The van der Waals surface area contributed by atoms with Crippen LogP contribution in [0.5, 0.6) is 0 Å². The molecule has 2 saturated heterocycles. The van der Waals surface area contributed by atoms with Crippen LogP contribution in [0.2, 0.25) is 0 Å². The highest BCUT2D eigenvalue weighted by Crippen LogP contribution is 2.21. The molecule has 1 N–H and O–H groups in total. The third-order valence-electron chi connectivity index (χ3n) is 3.98. The Hall–Kier alpha value is -1.30. The van der Waals surface area contributed by atoms with E-state index in [0.717, 1.165) is 32.5 Å². The molecular formula is C13H22N2O4. The molecule has 2 heterocycles. The largest absolute Gasteiger partial charge is 0.480 e. The molecule has 0 aromatic rings. The normalized spacial score (nSPS) is 24.5. The van der Waals surface area contributed by atoms with Crippen molar-refractivity contribution in [2.24, 2.45) is 5.92 Å². The summed E-state index contributed by atoms with van der Waals surface area (Å²) < 4.78 is 5.30. The lowest BCUT2D eigenvalue weighted by molar-refractivity contribution is -0.141. The van der Waals surface area contributed by atoms with E-state index in [2.05, 4.69) is 0 Å². The number of urea groups is 1. The van der Waals surface area contributed by atoms with E-state index in [-0.39, 0.29) is 6.03 Å². The molecule has 2 amide bonds. The highest BCUT2D eigenvalue weighted by atomic mass is 16.5. The molecule has 2 fully saturated rings. The number of nitrogens with zero attached hydrogens (tertiary/aromatic N) is 2. The molecule has 6 heteroatoms. The SMILES string of the molecule is CN(CC1CCOCC1)C(=O)N1CCC[C@H]1C(=O)O. The van der Waals surface area contributed by atoms with Gasteiger partial charge < -0.3 is 19.6 Å². The van der Waals surface area contributed by atoms with Gasteiger partial charge in [-0.05, 0) is 31.6 Å². The van der Waals surface area contributed by atoms with Crippen molar-refractivity contribution in [3.63, 3.8) is 0 Å². The zero-order valence-corrected chi connectivity index (χ0v) is 11.4. The maximum Gasteiger partial charge on any atom is 0.326 e. The standard InChI is InChI=1S/C13H22N2O4/c1-14(9-10-4-7-19-8-5-10)13(18)15-6-2-3-11(15)12(16)17/h10-11H,2-9H2,1H3,(H,16,17)/t11-/m0/s1. The van der Waals surface area contributed by atoms with Crippen LogP contribution in [-0.4, -0.2) is 66.3 Å². The first kappa shape index (κ1) is 14.1. The van der Waals surface area contributed by atoms with E-state index in [9.17, 15) is 9.59 Å². The van der Waals surface area contributed by atoms with Gasteiger partial charge in [0.05, 0.1) is 0 Å². The van der Waals surface area contributed by atoms with Gasteiger partial charge in [-0.1, -0.05) is 0 Å². The van der Waals surface area contributed by atoms with Crippen LogP contribution in [0.15, 0.2) is 0 Å². The van der Waals surface area contributed by atoms with Gasteiger partial charge >= 0.3 is 12.0 Å². The van der Waals surface area contributed by atoms with Crippen LogP contribution in [0.3, 0.4) is 0 Å². The van der Waals surface area contributed by atoms with E-state index in [4.69, 9.17) is 9.84 Å². The maximum absolute atomic E-state index is 12.3. The molecule has 2 aliphatic heterocycles. The fourth-order valence-electron chi connectivity index (χ4n) is 2.87. The van der Waals surface area contributed by atoms with Gasteiger partial charge in [-0.15, -0.1) is 0 Å². The molecule has 0 radical (unpaired) electrons. The molecule has 0 bridgehead atoms. The second kappa shape index (κ2) is 6.23. The number of aliphatic carboxylic acids is 1. The summed E-state index contributed by atoms with van der Waals surface area (Å²) >= 11 is 0. The lowest BCUT2D eigenvalue weighted by atomic mass is 10.00. The fourth-order valence-corrected chi connectivity index (χ4v) is 2.87. The summed E-state index contributed by atoms with van der Waals surface area (Å²) in [6.07, 6.45) is 3.28. The third-order valence-corrected chi connectivity index (χ3v) is 3.98. The van der Waals surface area contributed by atoms with Gasteiger partial charge in [-0.25, -0.2) is 9.59 Å². The Morgan fingerprint density at radius 1 is 1.32 bits per heavy atom. The number of carbonyl (C=O) groups is 2. The van der Waals surface area contributed by atoms with E-state index >= 15 is 0 Å². The molecule has 2 aliphatic rings. The molecule has 0 saturated carbocycles. The van der Waals surface area contributed by atoms with Gasteiger partial charge in [0.1, 0.15) is 6.04 Å². The highest BCUT2D eigenvalue weighted by molar-refractivity contribution is 5.83. The molecule has 19 heavy (non-hydrogen) atoms. The summed E-state index contributed by atoms with van der Waals surface area (Å²) in [5, 5.41) is 9.11. The second-order valence-corrected chi connectivity index (χ2v) is 5.41. The predicted octanol–water partition coefficient (Wildman–Crippen LogP) is 1.01. The number of carboxylic acid groups (broad SMARTS) is 1. The number of amides is 2. The van der Waals surface area contributed by atoms with Crippen molar-refractivity contribution in [3.8, 4) is 0 Å². The van der Waals surface area contributed by atoms with E-state index in [0.29, 0.717) is 25.4 Å². The van der Waals surface area contributed by atoms with Crippen molar-refractivity contribution in [2.75, 3.05) is 33.4 Å². The number of carboxylic acids is 1. The average molecular weight is 270 g/mol. The van der Waals surface area contributed by atoms with Crippen molar-refractivity contribution in [2.45, 2.75) is 31.7 Å². The van der Waals surface area contributed by atoms with Crippen LogP contribution in [-0.2, 0) is 9.53 Å². The average Bonchev–Trinajstić information content (AvgIpc) is 2.88. The van der Waals surface area contributed by atoms with Crippen molar-refractivity contribution in [1.29, 1.82) is 0 Å². The fraction of sp³-hybridized carbons (Fsp3) is 0.846. The van der Waals surface area contributed by atoms with Gasteiger partial charge in [0.15, 0.2) is 0 Å². The van der Waals surface area contributed by atoms with Crippen LogP contribution in [0, 0.1) is 5.92 Å². The van der Waals surface area contributed by atoms with E-state index in [1.54, 1.807) is 11.9 Å². The Bertz CT molecular complexity index is 342. The predicted molar refractivity (Wildman–Crippen MR) is 68.9 cm³/mol. The maximum atomic E-state index is 12.3. The van der Waals surface area contributed by atoms with Gasteiger partial charge in [-0.2, -0.15) is 0 Å². The van der Waals surface area contributed by atoms with Gasteiger partial charge in [0.25, 0.3) is 0 Å². The number of ether oxygens (including phenoxy) is 1. The zero-order chi connectivity index (χ0) is 13.8. The summed E-state index contributed by atoms with van der Waals surface area (Å²) in [5.41, 5.74) is 0. The molecule has 0 aromatic heterocycles. The van der Waals surface area contributed by atoms with E-state index in [1.807, 2.05) is 0 Å². The third kappa shape index (κ3) is 3.37. The Morgan fingerprint density at radius 3 is 2.63 bits per heavy atom. The van der Waals surface area contributed by atoms with Crippen LogP contribution in [0.25, 0.3) is 0 Å². The molecular weight excluding hydrogens is 248 g/mol. The van der Waals surface area contributed by atoms with Crippen molar-refractivity contribution in [1.82, 2.24) is 9.80 Å². The summed E-state index contributed by atoms with van der Waals surface area (Å²) in [5.74, 6) is -0.432. The summed E-state index contributed by atoms with van der Waals surface area (Å²) in [7, 11) is 1.76. The van der Waals surface area contributed by atoms with Crippen molar-refractivity contribution in [3.05, 3.63) is 0 Å². The molecule has 108 valence electrons. The van der Waals surface area contributed by atoms with Crippen LogP contribution in [0.1, 0.15) is 25.7 Å². The Labute approximate surface area is 113 Å². The Balaban J connectivity index is 1.89. The number of hydrogen-bond acceptors (Lipinski definition) is 3. The van der Waals surface area contributed by atoms with E-state index < -0.39 is 12.0 Å². The van der Waals surface area contributed by atoms with Crippen LogP contribution >= 0.6 is 0 Å². The molecule has 6 nitrogen and oxygen atoms in total. The van der Waals surface area contributed by atoms with E-state index in [1.165, 1.54) is 4.90 Å². The molecule has 0 aliphatic carbocycles. The minimum absolute atomic E-state index is 0.156. The molecule has 0 unspecified atom stereocenters. The number of carbonyl (C=O) groups excluding carboxylic acids is 1. The number of hydrogen-bond donors (Lipinski definition) is 1. The number of likely N-dealkylation sites (tertiary alicyclic amines) is 1. The first-order chi connectivity index (χ1) is 9.09. The van der Waals surface area contributed by atoms with Gasteiger partial charge in [0.2, 0.25) is 0 Å². The Kier molecular flexibility index (Phi) is 4.63. The van der Waals surface area contributed by atoms with Crippen molar-refractivity contribution >= 4 is 12.0 Å². The second-order valence-electron chi connectivity index (χ2n) is 5.41. The van der Waals surface area contributed by atoms with Crippen LogP contribution in [0.4, 0.5) is 4.79 Å². The summed E-state index contributed by atoms with van der Waals surface area (Å²) in [4.78, 5) is 26.5. The smallest absolute Gasteiger partial charge is 0.326 e. The lowest BCUT2D eigenvalue weighted by Gasteiger charge is -2.31. The van der Waals surface area contributed by atoms with Crippen LogP contribution < -0.4 is 0 Å². The lowest BCUT2D eigenvalue weighted by Crippen LogP contribution is -2.48. The summed E-state index contributed by atoms with van der Waals surface area (Å²) in [6.45, 7) is 2.75. The summed E-state index contributed by atoms with van der Waals surface area (Å²) in [6, 6.07) is -0.805. The number of rotatable bonds is 3. The molecule has 0 aromatic carbocycles. The molecule has 0 spiro atoms. The topological polar surface area (TPSA) is 70.1 Å². The first-order valence-electron chi connectivity index (χ1n) is 6.92. The quantitative estimate of drug-likeness (QED) is 0.831. The van der Waals surface area contributed by atoms with Gasteiger partial charge in [0, 0.05) is 33.4 Å². The van der Waals surface area contributed by atoms with Gasteiger partial charge in [-0.3, -0.25) is 0 Å². The highest BCUT2D eigenvalue weighted by Gasteiger charge is 2.35. The molecule has 2 rings (SSSR count).